The third kappa shape index (κ3) is 2.05. The number of rotatable bonds is 2. The lowest BCUT2D eigenvalue weighted by Gasteiger charge is -2.06. The molecule has 3 rings (SSSR count). The molecule has 0 amide bonds. The summed E-state index contributed by atoms with van der Waals surface area (Å²) in [7, 11) is 0. The fourth-order valence-electron chi connectivity index (χ4n) is 1.81. The maximum Gasteiger partial charge on any atom is 0.229 e. The van der Waals surface area contributed by atoms with Crippen LogP contribution in [0.25, 0.3) is 0 Å². The van der Waals surface area contributed by atoms with E-state index in [-0.39, 0.29) is 0 Å². The van der Waals surface area contributed by atoms with Crippen LogP contribution in [0.4, 0.5) is 17.5 Å². The molecule has 2 heterocycles. The van der Waals surface area contributed by atoms with E-state index in [2.05, 4.69) is 27.4 Å². The molecule has 0 aliphatic carbocycles. The van der Waals surface area contributed by atoms with Crippen LogP contribution < -0.4 is 11.1 Å². The summed E-state index contributed by atoms with van der Waals surface area (Å²) in [6, 6.07) is 7.74. The molecule has 86 valence electrons. The maximum atomic E-state index is 5.59. The Labute approximate surface area is 98.7 Å². The number of hydrogen-bond donors (Lipinski definition) is 2. The molecule has 1 aliphatic rings. The summed E-state index contributed by atoms with van der Waals surface area (Å²) in [6.45, 7) is 1.37. The van der Waals surface area contributed by atoms with E-state index in [1.807, 2.05) is 6.07 Å². The van der Waals surface area contributed by atoms with E-state index in [1.165, 1.54) is 11.1 Å². The second-order valence-electron chi connectivity index (χ2n) is 3.91. The lowest BCUT2D eigenvalue weighted by atomic mass is 10.1. The molecule has 17 heavy (non-hydrogen) atoms. The average molecular weight is 228 g/mol. The molecular weight excluding hydrogens is 216 g/mol. The molecule has 5 nitrogen and oxygen atoms in total. The maximum absolute atomic E-state index is 5.59. The van der Waals surface area contributed by atoms with E-state index in [4.69, 9.17) is 10.5 Å². The monoisotopic (exact) mass is 228 g/mol. The Bertz CT molecular complexity index is 556. The Balaban J connectivity index is 1.86. The number of nitrogens with zero attached hydrogens (tertiary/aromatic N) is 2. The molecule has 2 aromatic rings. The van der Waals surface area contributed by atoms with Crippen LogP contribution in [0.2, 0.25) is 0 Å². The number of nitrogens with one attached hydrogen (secondary N) is 1. The Kier molecular flexibility index (Phi) is 2.38. The van der Waals surface area contributed by atoms with Crippen molar-refractivity contribution in [2.24, 2.45) is 0 Å². The zero-order chi connectivity index (χ0) is 11.7. The van der Waals surface area contributed by atoms with Crippen molar-refractivity contribution >= 4 is 17.5 Å². The molecule has 1 aromatic heterocycles. The van der Waals surface area contributed by atoms with Crippen LogP contribution in [0.1, 0.15) is 11.1 Å². The molecule has 1 aromatic carbocycles. The molecule has 3 N–H and O–H groups in total. The second-order valence-corrected chi connectivity index (χ2v) is 3.91. The standard InChI is InChI=1S/C12H12N4O/c13-11-3-4-14-12(16-11)15-10-2-1-8-6-17-7-9(8)5-10/h1-5H,6-7H2,(H3,13,14,15,16). The van der Waals surface area contributed by atoms with E-state index in [0.717, 1.165) is 5.69 Å². The van der Waals surface area contributed by atoms with Gasteiger partial charge in [0.2, 0.25) is 5.95 Å². The highest BCUT2D eigenvalue weighted by Gasteiger charge is 2.11. The predicted octanol–water partition coefficient (Wildman–Crippen LogP) is 1.83. The second kappa shape index (κ2) is 4.03. The topological polar surface area (TPSA) is 73.1 Å². The molecule has 0 atom stereocenters. The van der Waals surface area contributed by atoms with Crippen molar-refractivity contribution in [3.8, 4) is 0 Å². The Morgan fingerprint density at radius 2 is 2.06 bits per heavy atom. The molecule has 0 saturated heterocycles. The van der Waals surface area contributed by atoms with Gasteiger partial charge in [0.15, 0.2) is 0 Å². The first-order valence-electron chi connectivity index (χ1n) is 5.36. The summed E-state index contributed by atoms with van der Waals surface area (Å²) >= 11 is 0. The van der Waals surface area contributed by atoms with Gasteiger partial charge in [-0.2, -0.15) is 4.98 Å². The summed E-state index contributed by atoms with van der Waals surface area (Å²) in [6.07, 6.45) is 1.63. The largest absolute Gasteiger partial charge is 0.384 e. The number of nitrogen functional groups attached to an aromatic ring is 1. The molecular formula is C12H12N4O. The summed E-state index contributed by atoms with van der Waals surface area (Å²) in [5.74, 6) is 0.954. The first-order valence-corrected chi connectivity index (χ1v) is 5.36. The van der Waals surface area contributed by atoms with Gasteiger partial charge < -0.3 is 15.8 Å². The van der Waals surface area contributed by atoms with Crippen molar-refractivity contribution in [1.82, 2.24) is 9.97 Å². The Morgan fingerprint density at radius 1 is 1.18 bits per heavy atom. The predicted molar refractivity (Wildman–Crippen MR) is 64.7 cm³/mol. The molecule has 0 fully saturated rings. The van der Waals surface area contributed by atoms with E-state index in [9.17, 15) is 0 Å². The summed E-state index contributed by atoms with van der Waals surface area (Å²) in [5, 5.41) is 3.12. The van der Waals surface area contributed by atoms with Gasteiger partial charge in [-0.15, -0.1) is 0 Å². The lowest BCUT2D eigenvalue weighted by molar-refractivity contribution is 0.134. The van der Waals surface area contributed by atoms with Gasteiger partial charge in [0.25, 0.3) is 0 Å². The van der Waals surface area contributed by atoms with E-state index in [0.29, 0.717) is 25.0 Å². The van der Waals surface area contributed by atoms with Crippen LogP contribution in [-0.4, -0.2) is 9.97 Å². The molecule has 0 unspecified atom stereocenters. The van der Waals surface area contributed by atoms with E-state index < -0.39 is 0 Å². The van der Waals surface area contributed by atoms with Crippen LogP contribution in [-0.2, 0) is 18.0 Å². The molecule has 5 heteroatoms. The highest BCUT2D eigenvalue weighted by molar-refractivity contribution is 5.56. The number of fused-ring (bicyclic) bond motifs is 1. The van der Waals surface area contributed by atoms with Crippen LogP contribution >= 0.6 is 0 Å². The van der Waals surface area contributed by atoms with Crippen molar-refractivity contribution in [2.45, 2.75) is 13.2 Å². The van der Waals surface area contributed by atoms with Crippen LogP contribution in [0.5, 0.6) is 0 Å². The Hall–Kier alpha value is -2.14. The van der Waals surface area contributed by atoms with Crippen molar-refractivity contribution < 1.29 is 4.74 Å². The zero-order valence-corrected chi connectivity index (χ0v) is 9.18. The SMILES string of the molecule is Nc1ccnc(Nc2ccc3c(c2)COC3)n1. The number of ether oxygens (including phenoxy) is 1. The number of benzene rings is 1. The van der Waals surface area contributed by atoms with Gasteiger partial charge in [0.1, 0.15) is 5.82 Å². The van der Waals surface area contributed by atoms with Crippen LogP contribution in [0.3, 0.4) is 0 Å². The number of nitrogens with two attached hydrogens (primary N) is 1. The molecule has 1 aliphatic heterocycles. The normalized spacial score (nSPS) is 13.4. The highest BCUT2D eigenvalue weighted by Crippen LogP contribution is 2.24. The molecule has 0 spiro atoms. The minimum Gasteiger partial charge on any atom is -0.384 e. The minimum atomic E-state index is 0.451. The smallest absolute Gasteiger partial charge is 0.229 e. The fourth-order valence-corrected chi connectivity index (χ4v) is 1.81. The first kappa shape index (κ1) is 10.0. The van der Waals surface area contributed by atoms with Crippen molar-refractivity contribution in [1.29, 1.82) is 0 Å². The Morgan fingerprint density at radius 3 is 2.94 bits per heavy atom. The van der Waals surface area contributed by atoms with Gasteiger partial charge in [-0.3, -0.25) is 0 Å². The highest BCUT2D eigenvalue weighted by atomic mass is 16.5. The van der Waals surface area contributed by atoms with Gasteiger partial charge in [0.05, 0.1) is 13.2 Å². The van der Waals surface area contributed by atoms with Gasteiger partial charge >= 0.3 is 0 Å². The van der Waals surface area contributed by atoms with Crippen molar-refractivity contribution in [3.05, 3.63) is 41.6 Å². The van der Waals surface area contributed by atoms with Crippen LogP contribution in [0, 0.1) is 0 Å². The van der Waals surface area contributed by atoms with Gasteiger partial charge in [-0.1, -0.05) is 6.07 Å². The van der Waals surface area contributed by atoms with E-state index in [1.54, 1.807) is 12.3 Å². The number of hydrogen-bond acceptors (Lipinski definition) is 5. The average Bonchev–Trinajstić information content (AvgIpc) is 2.76. The summed E-state index contributed by atoms with van der Waals surface area (Å²) in [5.41, 5.74) is 8.98. The number of anilines is 3. The van der Waals surface area contributed by atoms with Gasteiger partial charge in [-0.05, 0) is 29.3 Å². The van der Waals surface area contributed by atoms with Gasteiger partial charge in [-0.25, -0.2) is 4.98 Å². The minimum absolute atomic E-state index is 0.451. The third-order valence-corrected chi connectivity index (χ3v) is 2.65. The third-order valence-electron chi connectivity index (χ3n) is 2.65. The van der Waals surface area contributed by atoms with Gasteiger partial charge in [0, 0.05) is 11.9 Å². The van der Waals surface area contributed by atoms with Crippen LogP contribution in [0.15, 0.2) is 30.5 Å². The summed E-state index contributed by atoms with van der Waals surface area (Å²) < 4.78 is 5.36. The van der Waals surface area contributed by atoms with Crippen molar-refractivity contribution in [2.75, 3.05) is 11.1 Å². The zero-order valence-electron chi connectivity index (χ0n) is 9.18. The quantitative estimate of drug-likeness (QED) is 0.820. The van der Waals surface area contributed by atoms with Crippen molar-refractivity contribution in [3.63, 3.8) is 0 Å². The summed E-state index contributed by atoms with van der Waals surface area (Å²) in [4.78, 5) is 8.18. The fraction of sp³-hybridized carbons (Fsp3) is 0.167. The number of aromatic nitrogens is 2. The molecule has 0 bridgehead atoms. The van der Waals surface area contributed by atoms with E-state index >= 15 is 0 Å². The molecule has 0 saturated carbocycles. The molecule has 0 radical (unpaired) electrons. The lowest BCUT2D eigenvalue weighted by Crippen LogP contribution is -1.99. The first-order chi connectivity index (χ1) is 8.31.